The van der Waals surface area contributed by atoms with Crippen molar-refractivity contribution in [2.24, 2.45) is 0 Å². The minimum atomic E-state index is 0.679. The quantitative estimate of drug-likeness (QED) is 0.701. The lowest BCUT2D eigenvalue weighted by molar-refractivity contribution is 0.880. The SMILES string of the molecule is CSc1nnc2c(n1)[nH]c1cc(Br)ccc12. The monoisotopic (exact) mass is 294 g/mol. The van der Waals surface area contributed by atoms with Gasteiger partial charge in [-0.2, -0.15) is 0 Å². The van der Waals surface area contributed by atoms with Gasteiger partial charge < -0.3 is 4.98 Å². The molecular formula is C10H7BrN4S. The number of nitrogens with one attached hydrogen (secondary N) is 1. The van der Waals surface area contributed by atoms with E-state index in [1.165, 1.54) is 11.8 Å². The Hall–Kier alpha value is -1.14. The summed E-state index contributed by atoms with van der Waals surface area (Å²) in [6.07, 6.45) is 1.93. The number of H-pyrrole nitrogens is 1. The Morgan fingerprint density at radius 2 is 2.19 bits per heavy atom. The number of hydrogen-bond acceptors (Lipinski definition) is 4. The van der Waals surface area contributed by atoms with Crippen LogP contribution in [0.5, 0.6) is 0 Å². The van der Waals surface area contributed by atoms with Gasteiger partial charge in [0.2, 0.25) is 5.16 Å². The third-order valence-electron chi connectivity index (χ3n) is 2.34. The zero-order valence-corrected chi connectivity index (χ0v) is 10.8. The fraction of sp³-hybridized carbons (Fsp3) is 0.100. The molecule has 6 heteroatoms. The van der Waals surface area contributed by atoms with Crippen molar-refractivity contribution in [3.05, 3.63) is 22.7 Å². The van der Waals surface area contributed by atoms with Gasteiger partial charge in [-0.05, 0) is 24.5 Å². The van der Waals surface area contributed by atoms with Gasteiger partial charge in [0.15, 0.2) is 5.65 Å². The lowest BCUT2D eigenvalue weighted by Gasteiger charge is -1.92. The Labute approximate surface area is 104 Å². The van der Waals surface area contributed by atoms with Crippen molar-refractivity contribution >= 4 is 49.8 Å². The van der Waals surface area contributed by atoms with Gasteiger partial charge in [-0.25, -0.2) is 4.98 Å². The molecule has 0 bridgehead atoms. The van der Waals surface area contributed by atoms with Crippen LogP contribution < -0.4 is 0 Å². The molecule has 0 saturated carbocycles. The first-order chi connectivity index (χ1) is 7.78. The summed E-state index contributed by atoms with van der Waals surface area (Å²) in [5.41, 5.74) is 2.62. The molecule has 3 aromatic rings. The number of thioether (sulfide) groups is 1. The highest BCUT2D eigenvalue weighted by atomic mass is 79.9. The smallest absolute Gasteiger partial charge is 0.210 e. The molecule has 0 fully saturated rings. The minimum Gasteiger partial charge on any atom is -0.338 e. The van der Waals surface area contributed by atoms with Crippen LogP contribution >= 0.6 is 27.7 Å². The topological polar surface area (TPSA) is 54.5 Å². The molecule has 0 spiro atoms. The van der Waals surface area contributed by atoms with Crippen molar-refractivity contribution < 1.29 is 0 Å². The van der Waals surface area contributed by atoms with Gasteiger partial charge in [-0.3, -0.25) is 0 Å². The van der Waals surface area contributed by atoms with E-state index in [9.17, 15) is 0 Å². The number of rotatable bonds is 1. The fourth-order valence-electron chi connectivity index (χ4n) is 1.62. The first-order valence-electron chi connectivity index (χ1n) is 4.63. The van der Waals surface area contributed by atoms with Gasteiger partial charge in [0.05, 0.1) is 5.52 Å². The lowest BCUT2D eigenvalue weighted by Crippen LogP contribution is -1.89. The van der Waals surface area contributed by atoms with Crippen molar-refractivity contribution in [2.45, 2.75) is 5.16 Å². The van der Waals surface area contributed by atoms with Crippen LogP contribution in [-0.4, -0.2) is 26.4 Å². The van der Waals surface area contributed by atoms with Crippen molar-refractivity contribution in [1.82, 2.24) is 20.2 Å². The molecule has 1 aromatic carbocycles. The third kappa shape index (κ3) is 1.49. The average Bonchev–Trinajstić information content (AvgIpc) is 2.64. The number of nitrogens with zero attached hydrogens (tertiary/aromatic N) is 3. The Morgan fingerprint density at radius 3 is 3.00 bits per heavy atom. The van der Waals surface area contributed by atoms with E-state index in [1.807, 2.05) is 24.5 Å². The van der Waals surface area contributed by atoms with Crippen molar-refractivity contribution in [3.8, 4) is 0 Å². The number of benzene rings is 1. The Morgan fingerprint density at radius 1 is 1.31 bits per heavy atom. The van der Waals surface area contributed by atoms with Crippen LogP contribution in [0, 0.1) is 0 Å². The summed E-state index contributed by atoms with van der Waals surface area (Å²) in [4.78, 5) is 7.62. The molecule has 0 aliphatic rings. The molecule has 0 aliphatic heterocycles. The highest BCUT2D eigenvalue weighted by molar-refractivity contribution is 9.10. The minimum absolute atomic E-state index is 0.679. The lowest BCUT2D eigenvalue weighted by atomic mass is 10.2. The van der Waals surface area contributed by atoms with E-state index >= 15 is 0 Å². The molecule has 0 radical (unpaired) electrons. The summed E-state index contributed by atoms with van der Waals surface area (Å²) in [5.74, 6) is 0. The van der Waals surface area contributed by atoms with E-state index < -0.39 is 0 Å². The predicted molar refractivity (Wildman–Crippen MR) is 68.7 cm³/mol. The van der Waals surface area contributed by atoms with E-state index in [1.54, 1.807) is 0 Å². The van der Waals surface area contributed by atoms with E-state index in [0.717, 1.165) is 26.5 Å². The van der Waals surface area contributed by atoms with Crippen molar-refractivity contribution in [3.63, 3.8) is 0 Å². The summed E-state index contributed by atoms with van der Waals surface area (Å²) < 4.78 is 1.03. The van der Waals surface area contributed by atoms with Gasteiger partial charge in [0.25, 0.3) is 0 Å². The number of aromatic amines is 1. The second-order valence-corrected chi connectivity index (χ2v) is 5.00. The fourth-order valence-corrected chi connectivity index (χ4v) is 2.29. The zero-order valence-electron chi connectivity index (χ0n) is 8.36. The van der Waals surface area contributed by atoms with Crippen LogP contribution in [0.4, 0.5) is 0 Å². The molecule has 2 aromatic heterocycles. The maximum atomic E-state index is 4.38. The summed E-state index contributed by atoms with van der Waals surface area (Å²) in [5, 5.41) is 9.96. The van der Waals surface area contributed by atoms with Gasteiger partial charge in [0, 0.05) is 9.86 Å². The maximum Gasteiger partial charge on any atom is 0.210 e. The normalized spacial score (nSPS) is 11.4. The molecule has 0 saturated heterocycles. The number of hydrogen-bond donors (Lipinski definition) is 1. The Balaban J connectivity index is 2.40. The van der Waals surface area contributed by atoms with Gasteiger partial charge >= 0.3 is 0 Å². The first kappa shape index (κ1) is 10.0. The van der Waals surface area contributed by atoms with Gasteiger partial charge in [-0.1, -0.05) is 27.7 Å². The summed E-state index contributed by atoms with van der Waals surface area (Å²) >= 11 is 4.92. The van der Waals surface area contributed by atoms with Crippen LogP contribution in [0.3, 0.4) is 0 Å². The van der Waals surface area contributed by atoms with Crippen molar-refractivity contribution in [2.75, 3.05) is 6.26 Å². The summed E-state index contributed by atoms with van der Waals surface area (Å²) in [6.45, 7) is 0. The van der Waals surface area contributed by atoms with E-state index in [0.29, 0.717) is 5.16 Å². The molecule has 0 unspecified atom stereocenters. The molecule has 0 aliphatic carbocycles. The molecule has 1 N–H and O–H groups in total. The van der Waals surface area contributed by atoms with E-state index in [-0.39, 0.29) is 0 Å². The molecular weight excluding hydrogens is 288 g/mol. The van der Waals surface area contributed by atoms with Crippen molar-refractivity contribution in [1.29, 1.82) is 0 Å². The zero-order chi connectivity index (χ0) is 11.1. The average molecular weight is 295 g/mol. The Bertz CT molecular complexity index is 679. The highest BCUT2D eigenvalue weighted by Gasteiger charge is 2.08. The second kappa shape index (κ2) is 3.71. The van der Waals surface area contributed by atoms with Gasteiger partial charge in [-0.15, -0.1) is 10.2 Å². The largest absolute Gasteiger partial charge is 0.338 e. The van der Waals surface area contributed by atoms with Crippen LogP contribution in [0.1, 0.15) is 0 Å². The van der Waals surface area contributed by atoms with E-state index in [2.05, 4.69) is 36.1 Å². The highest BCUT2D eigenvalue weighted by Crippen LogP contribution is 2.25. The third-order valence-corrected chi connectivity index (χ3v) is 3.37. The molecule has 0 amide bonds. The number of fused-ring (bicyclic) bond motifs is 3. The Kier molecular flexibility index (Phi) is 2.33. The molecule has 0 atom stereocenters. The summed E-state index contributed by atoms with van der Waals surface area (Å²) in [6, 6.07) is 6.00. The van der Waals surface area contributed by atoms with Crippen LogP contribution in [0.25, 0.3) is 22.1 Å². The number of halogens is 1. The summed E-state index contributed by atoms with van der Waals surface area (Å²) in [7, 11) is 0. The first-order valence-corrected chi connectivity index (χ1v) is 6.65. The standard InChI is InChI=1S/C10H7BrN4S/c1-16-10-13-9-8(14-15-10)6-3-2-5(11)4-7(6)12-9/h2-4H,1H3,(H,12,13,15). The molecule has 4 nitrogen and oxygen atoms in total. The molecule has 2 heterocycles. The predicted octanol–water partition coefficient (Wildman–Crippen LogP) is 2.99. The van der Waals surface area contributed by atoms with Gasteiger partial charge in [0.1, 0.15) is 5.52 Å². The van der Waals surface area contributed by atoms with Crippen LogP contribution in [0.15, 0.2) is 27.8 Å². The van der Waals surface area contributed by atoms with Crippen LogP contribution in [0.2, 0.25) is 0 Å². The molecule has 3 rings (SSSR count). The maximum absolute atomic E-state index is 4.38. The van der Waals surface area contributed by atoms with E-state index in [4.69, 9.17) is 0 Å². The van der Waals surface area contributed by atoms with Crippen LogP contribution in [-0.2, 0) is 0 Å². The molecule has 16 heavy (non-hydrogen) atoms. The number of aromatic nitrogens is 4. The molecule has 80 valence electrons. The second-order valence-electron chi connectivity index (χ2n) is 3.31.